The smallest absolute Gasteiger partial charge is 0.324 e. The molecule has 8 N–H and O–H groups in total. The number of anilines is 5. The number of carboxylic acids is 1. The zero-order chi connectivity index (χ0) is 47.9. The van der Waals surface area contributed by atoms with Crippen molar-refractivity contribution in [3.8, 4) is 23.0 Å². The lowest BCUT2D eigenvalue weighted by molar-refractivity contribution is -0.142. The number of hydrogen-bond acceptors (Lipinski definition) is 13. The second-order valence-electron chi connectivity index (χ2n) is 16.6. The summed E-state index contributed by atoms with van der Waals surface area (Å²) < 4.78 is 45.1. The van der Waals surface area contributed by atoms with Crippen LogP contribution in [0.25, 0.3) is 10.8 Å². The van der Waals surface area contributed by atoms with Crippen molar-refractivity contribution < 1.29 is 46.9 Å². The molecule has 0 saturated carbocycles. The highest BCUT2D eigenvalue weighted by Gasteiger charge is 2.29. The normalized spacial score (nSPS) is 13.7. The molecule has 66 heavy (non-hydrogen) atoms. The van der Waals surface area contributed by atoms with E-state index in [0.29, 0.717) is 90.0 Å². The molecule has 0 aliphatic carbocycles. The quantitative estimate of drug-likeness (QED) is 0.0687. The molecule has 1 aliphatic heterocycles. The molecule has 0 unspecified atom stereocenters. The number of aromatic nitrogens is 1. The van der Waals surface area contributed by atoms with Gasteiger partial charge >= 0.3 is 12.0 Å². The number of nitrogens with one attached hydrogen (secondary N) is 3. The molecule has 1 aromatic heterocycles. The number of methoxy groups -OCH3 is 2. The molecule has 4 aromatic carbocycles. The molecule has 20 heteroatoms. The highest BCUT2D eigenvalue weighted by molar-refractivity contribution is 7.92. The van der Waals surface area contributed by atoms with E-state index in [1.165, 1.54) is 19.1 Å². The second kappa shape index (κ2) is 20.3. The summed E-state index contributed by atoms with van der Waals surface area (Å²) in [6.07, 6.45) is 2.18. The van der Waals surface area contributed by atoms with Gasteiger partial charge in [0.15, 0.2) is 5.75 Å². The first-order valence-electron chi connectivity index (χ1n) is 20.9. The first kappa shape index (κ1) is 48.3. The summed E-state index contributed by atoms with van der Waals surface area (Å²) >= 11 is 0. The van der Waals surface area contributed by atoms with Crippen LogP contribution in [0.4, 0.5) is 33.4 Å². The number of nitrogens with two attached hydrogens (primary N) is 2. The van der Waals surface area contributed by atoms with Gasteiger partial charge in [-0.2, -0.15) is 0 Å². The number of aliphatic carboxylic acids is 1. The van der Waals surface area contributed by atoms with Crippen molar-refractivity contribution in [2.45, 2.75) is 38.6 Å². The molecule has 0 spiro atoms. The van der Waals surface area contributed by atoms with Crippen molar-refractivity contribution in [3.05, 3.63) is 96.2 Å². The monoisotopic (exact) mass is 925 g/mol. The number of amides is 4. The fourth-order valence-electron chi connectivity index (χ4n) is 7.51. The lowest BCUT2D eigenvalue weighted by Gasteiger charge is -2.35. The van der Waals surface area contributed by atoms with Crippen LogP contribution in [-0.2, 0) is 25.0 Å². The zero-order valence-electron chi connectivity index (χ0n) is 37.6. The van der Waals surface area contributed by atoms with Crippen LogP contribution in [0.2, 0.25) is 0 Å². The first-order valence-corrected chi connectivity index (χ1v) is 22.8. The molecular weight excluding hydrogens is 871 g/mol. The standard InChI is InChI=1S/C46H55N9O10S/c1-46(2,3)28-23-35(52-66(6,61)62)42(64-5)37(24-28)55(45(48)60)36-13-14-38(32-10-8-7-9-31(32)36)65-30-15-16-49-40(26-30)51-29-11-12-33(39(25-29)63-4)43(58)50-17-18-53-19-21-54(22-20-53)44(59)34(47)27-41(56)57/h7-16,23-26,34,52H,17-22,27,47H2,1-6H3,(H2,48,60)(H,49,51)(H,50,58)(H,56,57)/t34-/m0/s1. The fraction of sp³-hybridized carbons (Fsp3) is 0.326. The fourth-order valence-corrected chi connectivity index (χ4v) is 8.06. The molecule has 2 heterocycles. The highest BCUT2D eigenvalue weighted by atomic mass is 32.2. The van der Waals surface area contributed by atoms with Gasteiger partial charge in [-0.05, 0) is 53.4 Å². The van der Waals surface area contributed by atoms with Crippen LogP contribution >= 0.6 is 0 Å². The third-order valence-corrected chi connectivity index (χ3v) is 11.4. The molecule has 1 atom stereocenters. The number of pyridine rings is 1. The van der Waals surface area contributed by atoms with E-state index in [4.69, 9.17) is 30.8 Å². The average molecular weight is 926 g/mol. The van der Waals surface area contributed by atoms with E-state index in [0.717, 1.165) is 11.8 Å². The Hall–Kier alpha value is -7.16. The van der Waals surface area contributed by atoms with E-state index < -0.39 is 39.9 Å². The Morgan fingerprint density at radius 3 is 2.24 bits per heavy atom. The maximum atomic E-state index is 13.4. The lowest BCUT2D eigenvalue weighted by Crippen LogP contribution is -2.54. The van der Waals surface area contributed by atoms with Crippen molar-refractivity contribution >= 4 is 73.2 Å². The number of carboxylic acid groups (broad SMARTS) is 1. The maximum Gasteiger partial charge on any atom is 0.324 e. The number of benzene rings is 4. The van der Waals surface area contributed by atoms with Crippen molar-refractivity contribution in [3.63, 3.8) is 0 Å². The van der Waals surface area contributed by atoms with Gasteiger partial charge in [-0.3, -0.25) is 28.9 Å². The minimum atomic E-state index is -3.74. The van der Waals surface area contributed by atoms with Gasteiger partial charge < -0.3 is 46.3 Å². The number of carbonyl (C=O) groups is 4. The Morgan fingerprint density at radius 1 is 0.894 bits per heavy atom. The third kappa shape index (κ3) is 11.7. The number of nitrogens with zero attached hydrogens (tertiary/aromatic N) is 4. The number of ether oxygens (including phenoxy) is 3. The third-order valence-electron chi connectivity index (χ3n) is 10.8. The van der Waals surface area contributed by atoms with Crippen molar-refractivity contribution in [1.29, 1.82) is 0 Å². The molecule has 0 radical (unpaired) electrons. The lowest BCUT2D eigenvalue weighted by atomic mass is 9.86. The number of primary amides is 1. The van der Waals surface area contributed by atoms with E-state index in [2.05, 4.69) is 25.2 Å². The van der Waals surface area contributed by atoms with Crippen LogP contribution in [0.1, 0.15) is 43.1 Å². The predicted octanol–water partition coefficient (Wildman–Crippen LogP) is 5.35. The van der Waals surface area contributed by atoms with Gasteiger partial charge in [-0.25, -0.2) is 18.2 Å². The first-order chi connectivity index (χ1) is 31.3. The summed E-state index contributed by atoms with van der Waals surface area (Å²) in [5, 5.41) is 16.3. The summed E-state index contributed by atoms with van der Waals surface area (Å²) in [5.41, 5.74) is 13.8. The number of sulfonamides is 1. The number of rotatable bonds is 17. The number of carbonyl (C=O) groups excluding carboxylic acids is 3. The SMILES string of the molecule is COc1cc(Nc2cc(Oc3ccc(N(C(N)=O)c4cc(C(C)(C)C)cc(NS(C)(=O)=O)c4OC)c4ccccc34)ccn2)ccc1C(=O)NCCN1CCN(C(=O)[C@@H](N)CC(=O)O)CC1. The highest BCUT2D eigenvalue weighted by Crippen LogP contribution is 2.46. The molecule has 4 amide bonds. The second-order valence-corrected chi connectivity index (χ2v) is 18.4. The topological polar surface area (TPSA) is 261 Å². The van der Waals surface area contributed by atoms with Gasteiger partial charge in [0.25, 0.3) is 5.91 Å². The van der Waals surface area contributed by atoms with Crippen molar-refractivity contribution in [1.82, 2.24) is 20.1 Å². The van der Waals surface area contributed by atoms with E-state index in [9.17, 15) is 27.6 Å². The van der Waals surface area contributed by atoms with E-state index in [1.807, 2.05) is 45.0 Å². The molecule has 19 nitrogen and oxygen atoms in total. The number of urea groups is 1. The molecule has 5 aromatic rings. The number of piperazine rings is 1. The summed E-state index contributed by atoms with van der Waals surface area (Å²) in [6.45, 7) is 8.72. The molecular formula is C46H55N9O10S. The maximum absolute atomic E-state index is 13.4. The largest absolute Gasteiger partial charge is 0.496 e. The van der Waals surface area contributed by atoms with Crippen LogP contribution in [0.5, 0.6) is 23.0 Å². The van der Waals surface area contributed by atoms with Crippen LogP contribution in [0.15, 0.2) is 85.1 Å². The minimum absolute atomic E-state index is 0.0997. The minimum Gasteiger partial charge on any atom is -0.496 e. The molecule has 1 aliphatic rings. The van der Waals surface area contributed by atoms with Crippen LogP contribution in [0.3, 0.4) is 0 Å². The van der Waals surface area contributed by atoms with Gasteiger partial charge in [0.2, 0.25) is 15.9 Å². The Morgan fingerprint density at radius 2 is 1.61 bits per heavy atom. The van der Waals surface area contributed by atoms with Gasteiger partial charge in [-0.15, -0.1) is 0 Å². The summed E-state index contributed by atoms with van der Waals surface area (Å²) in [6, 6.07) is 20.6. The summed E-state index contributed by atoms with van der Waals surface area (Å²) in [5.74, 6) is -0.0816. The Balaban J connectivity index is 1.16. The van der Waals surface area contributed by atoms with Gasteiger partial charge in [0.1, 0.15) is 23.1 Å². The van der Waals surface area contributed by atoms with E-state index >= 15 is 0 Å². The van der Waals surface area contributed by atoms with Crippen LogP contribution in [0, 0.1) is 0 Å². The van der Waals surface area contributed by atoms with Gasteiger partial charge in [-0.1, -0.05) is 45.0 Å². The molecule has 1 fully saturated rings. The van der Waals surface area contributed by atoms with Gasteiger partial charge in [0.05, 0.1) is 55.6 Å². The van der Waals surface area contributed by atoms with E-state index in [1.54, 1.807) is 65.7 Å². The van der Waals surface area contributed by atoms with Crippen LogP contribution < -0.4 is 45.9 Å². The molecule has 0 bridgehead atoms. The Bertz CT molecular complexity index is 2740. The predicted molar refractivity (Wildman–Crippen MR) is 252 cm³/mol. The molecule has 6 rings (SSSR count). The van der Waals surface area contributed by atoms with Crippen molar-refractivity contribution in [2.24, 2.45) is 11.5 Å². The van der Waals surface area contributed by atoms with E-state index in [-0.39, 0.29) is 28.9 Å². The number of hydrogen-bond donors (Lipinski definition) is 6. The molecule has 1 saturated heterocycles. The number of fused-ring (bicyclic) bond motifs is 1. The van der Waals surface area contributed by atoms with Crippen molar-refractivity contribution in [2.75, 3.05) is 74.7 Å². The summed E-state index contributed by atoms with van der Waals surface area (Å²) in [7, 11) is -0.888. The van der Waals surface area contributed by atoms with Crippen LogP contribution in [-0.4, -0.2) is 118 Å². The van der Waals surface area contributed by atoms with Gasteiger partial charge in [0, 0.05) is 74.1 Å². The zero-order valence-corrected chi connectivity index (χ0v) is 38.4. The Kier molecular flexibility index (Phi) is 14.9. The Labute approximate surface area is 383 Å². The molecule has 350 valence electrons. The summed E-state index contributed by atoms with van der Waals surface area (Å²) in [4.78, 5) is 59.5. The average Bonchev–Trinajstić information content (AvgIpc) is 3.26.